The lowest BCUT2D eigenvalue weighted by atomic mass is 9.92. The fraction of sp³-hybridized carbons (Fsp3) is 0.500. The molecular weight excluding hydrogens is 158 g/mol. The summed E-state index contributed by atoms with van der Waals surface area (Å²) in [6.45, 7) is 2.24. The highest BCUT2D eigenvalue weighted by molar-refractivity contribution is 5.18. The molecule has 0 spiro atoms. The number of benzene rings is 1. The molecule has 0 unspecified atom stereocenters. The summed E-state index contributed by atoms with van der Waals surface area (Å²) in [6, 6.07) is 11.9. The van der Waals surface area contributed by atoms with Crippen molar-refractivity contribution in [1.29, 1.82) is 0 Å². The summed E-state index contributed by atoms with van der Waals surface area (Å²) in [5.74, 6) is 0. The predicted molar refractivity (Wildman–Crippen MR) is 55.6 cm³/mol. The van der Waals surface area contributed by atoms with Crippen molar-refractivity contribution in [2.45, 2.75) is 38.3 Å². The molecule has 1 aliphatic carbocycles. The van der Waals surface area contributed by atoms with Gasteiger partial charge in [-0.25, -0.2) is 0 Å². The van der Waals surface area contributed by atoms with Crippen LogP contribution in [0.15, 0.2) is 30.3 Å². The van der Waals surface area contributed by atoms with Crippen LogP contribution in [-0.2, 0) is 0 Å². The van der Waals surface area contributed by atoms with Gasteiger partial charge >= 0.3 is 0 Å². The van der Waals surface area contributed by atoms with Crippen LogP contribution in [0.2, 0.25) is 0 Å². The van der Waals surface area contributed by atoms with E-state index in [-0.39, 0.29) is 0 Å². The molecule has 1 saturated carbocycles. The van der Waals surface area contributed by atoms with Gasteiger partial charge in [0.05, 0.1) is 0 Å². The lowest BCUT2D eigenvalue weighted by Gasteiger charge is -2.30. The summed E-state index contributed by atoms with van der Waals surface area (Å²) in [7, 11) is 0. The largest absolute Gasteiger partial charge is 0.307 e. The van der Waals surface area contributed by atoms with Crippen molar-refractivity contribution in [3.8, 4) is 0 Å². The second-order valence-corrected chi connectivity index (χ2v) is 3.93. The monoisotopic (exact) mass is 175 g/mol. The van der Waals surface area contributed by atoms with Crippen LogP contribution in [0.5, 0.6) is 0 Å². The molecule has 0 aliphatic heterocycles. The SMILES string of the molecule is C[C@@H](NC1CCC1)c1ccccc1. The Kier molecular flexibility index (Phi) is 2.65. The Morgan fingerprint density at radius 3 is 2.46 bits per heavy atom. The van der Waals surface area contributed by atoms with Gasteiger partial charge in [-0.3, -0.25) is 0 Å². The lowest BCUT2D eigenvalue weighted by Crippen LogP contribution is -2.36. The molecule has 2 rings (SSSR count). The maximum atomic E-state index is 3.63. The maximum Gasteiger partial charge on any atom is 0.0294 e. The Balaban J connectivity index is 1.92. The number of hydrogen-bond acceptors (Lipinski definition) is 1. The first-order valence-electron chi connectivity index (χ1n) is 5.17. The molecule has 1 nitrogen and oxygen atoms in total. The molecule has 0 amide bonds. The highest BCUT2D eigenvalue weighted by Gasteiger charge is 2.19. The molecule has 1 fully saturated rings. The highest BCUT2D eigenvalue weighted by Crippen LogP contribution is 2.22. The van der Waals surface area contributed by atoms with Crippen LogP contribution in [0.4, 0.5) is 0 Å². The third-order valence-electron chi connectivity index (χ3n) is 2.89. The van der Waals surface area contributed by atoms with Crippen LogP contribution in [0.25, 0.3) is 0 Å². The van der Waals surface area contributed by atoms with Gasteiger partial charge in [0.15, 0.2) is 0 Å². The average Bonchev–Trinajstić information content (AvgIpc) is 2.12. The first-order chi connectivity index (χ1) is 6.36. The summed E-state index contributed by atoms with van der Waals surface area (Å²) < 4.78 is 0. The normalized spacial score (nSPS) is 19.5. The van der Waals surface area contributed by atoms with Crippen LogP contribution in [0.1, 0.15) is 37.8 Å². The zero-order chi connectivity index (χ0) is 9.10. The van der Waals surface area contributed by atoms with Gasteiger partial charge in [-0.05, 0) is 25.3 Å². The Morgan fingerprint density at radius 1 is 1.23 bits per heavy atom. The molecule has 13 heavy (non-hydrogen) atoms. The molecule has 0 aromatic heterocycles. The molecule has 0 saturated heterocycles. The average molecular weight is 175 g/mol. The zero-order valence-electron chi connectivity index (χ0n) is 8.16. The van der Waals surface area contributed by atoms with E-state index >= 15 is 0 Å². The van der Waals surface area contributed by atoms with Crippen molar-refractivity contribution in [3.05, 3.63) is 35.9 Å². The van der Waals surface area contributed by atoms with E-state index in [1.54, 1.807) is 0 Å². The molecular formula is C12H17N. The van der Waals surface area contributed by atoms with Crippen molar-refractivity contribution in [3.63, 3.8) is 0 Å². The molecule has 70 valence electrons. The molecule has 1 heteroatoms. The van der Waals surface area contributed by atoms with Crippen LogP contribution in [-0.4, -0.2) is 6.04 Å². The minimum absolute atomic E-state index is 0.506. The Hall–Kier alpha value is -0.820. The third kappa shape index (κ3) is 2.10. The van der Waals surface area contributed by atoms with Gasteiger partial charge in [0.2, 0.25) is 0 Å². The second-order valence-electron chi connectivity index (χ2n) is 3.93. The van der Waals surface area contributed by atoms with E-state index in [1.165, 1.54) is 24.8 Å². The van der Waals surface area contributed by atoms with Crippen molar-refractivity contribution in [2.75, 3.05) is 0 Å². The second kappa shape index (κ2) is 3.93. The molecule has 1 aliphatic rings. The van der Waals surface area contributed by atoms with Crippen molar-refractivity contribution >= 4 is 0 Å². The summed E-state index contributed by atoms with van der Waals surface area (Å²) >= 11 is 0. The van der Waals surface area contributed by atoms with Gasteiger partial charge in [-0.2, -0.15) is 0 Å². The van der Waals surface area contributed by atoms with Gasteiger partial charge < -0.3 is 5.32 Å². The molecule has 0 radical (unpaired) electrons. The van der Waals surface area contributed by atoms with E-state index < -0.39 is 0 Å². The fourth-order valence-corrected chi connectivity index (χ4v) is 1.77. The van der Waals surface area contributed by atoms with Crippen LogP contribution in [0.3, 0.4) is 0 Å². The van der Waals surface area contributed by atoms with Crippen molar-refractivity contribution in [2.24, 2.45) is 0 Å². The van der Waals surface area contributed by atoms with E-state index in [4.69, 9.17) is 0 Å². The standard InChI is InChI=1S/C12H17N/c1-10(13-12-8-5-9-12)11-6-3-2-4-7-11/h2-4,6-7,10,12-13H,5,8-9H2,1H3/t10-/m1/s1. The Labute approximate surface area is 80.2 Å². The van der Waals surface area contributed by atoms with E-state index in [2.05, 4.69) is 42.6 Å². The van der Waals surface area contributed by atoms with E-state index in [1.807, 2.05) is 0 Å². The molecule has 1 aromatic rings. The van der Waals surface area contributed by atoms with Crippen molar-refractivity contribution < 1.29 is 0 Å². The van der Waals surface area contributed by atoms with E-state index in [9.17, 15) is 0 Å². The Bertz CT molecular complexity index is 251. The predicted octanol–water partition coefficient (Wildman–Crippen LogP) is 2.89. The lowest BCUT2D eigenvalue weighted by molar-refractivity contribution is 0.313. The first kappa shape index (κ1) is 8.76. The van der Waals surface area contributed by atoms with Crippen LogP contribution < -0.4 is 5.32 Å². The van der Waals surface area contributed by atoms with Gasteiger partial charge in [-0.1, -0.05) is 36.8 Å². The highest BCUT2D eigenvalue weighted by atomic mass is 15.0. The third-order valence-corrected chi connectivity index (χ3v) is 2.89. The van der Waals surface area contributed by atoms with E-state index in [0.717, 1.165) is 6.04 Å². The van der Waals surface area contributed by atoms with Crippen molar-refractivity contribution in [1.82, 2.24) is 5.32 Å². The summed E-state index contributed by atoms with van der Waals surface area (Å²) in [6.07, 6.45) is 4.12. The van der Waals surface area contributed by atoms with Crippen LogP contribution in [0, 0.1) is 0 Å². The summed E-state index contributed by atoms with van der Waals surface area (Å²) in [5, 5.41) is 3.63. The van der Waals surface area contributed by atoms with Gasteiger partial charge in [-0.15, -0.1) is 0 Å². The quantitative estimate of drug-likeness (QED) is 0.744. The minimum Gasteiger partial charge on any atom is -0.307 e. The number of nitrogens with one attached hydrogen (secondary N) is 1. The molecule has 1 N–H and O–H groups in total. The number of hydrogen-bond donors (Lipinski definition) is 1. The van der Waals surface area contributed by atoms with Gasteiger partial charge in [0, 0.05) is 12.1 Å². The van der Waals surface area contributed by atoms with E-state index in [0.29, 0.717) is 6.04 Å². The van der Waals surface area contributed by atoms with Crippen LogP contribution >= 0.6 is 0 Å². The minimum atomic E-state index is 0.506. The van der Waals surface area contributed by atoms with Gasteiger partial charge in [0.25, 0.3) is 0 Å². The molecule has 1 atom stereocenters. The smallest absolute Gasteiger partial charge is 0.0294 e. The van der Waals surface area contributed by atoms with Gasteiger partial charge in [0.1, 0.15) is 0 Å². The molecule has 1 aromatic carbocycles. The molecule has 0 bridgehead atoms. The summed E-state index contributed by atoms with van der Waals surface area (Å²) in [5.41, 5.74) is 1.40. The summed E-state index contributed by atoms with van der Waals surface area (Å²) in [4.78, 5) is 0. The molecule has 0 heterocycles. The topological polar surface area (TPSA) is 12.0 Å². The fourth-order valence-electron chi connectivity index (χ4n) is 1.77. The Morgan fingerprint density at radius 2 is 1.92 bits per heavy atom. The maximum absolute atomic E-state index is 3.63. The first-order valence-corrected chi connectivity index (χ1v) is 5.17. The number of rotatable bonds is 3. The zero-order valence-corrected chi connectivity index (χ0v) is 8.16.